The van der Waals surface area contributed by atoms with Gasteiger partial charge in [-0.2, -0.15) is 0 Å². The van der Waals surface area contributed by atoms with Crippen molar-refractivity contribution in [2.24, 2.45) is 0 Å². The van der Waals surface area contributed by atoms with Crippen molar-refractivity contribution in [3.8, 4) is 22.9 Å². The fourth-order valence-corrected chi connectivity index (χ4v) is 5.11. The van der Waals surface area contributed by atoms with E-state index in [9.17, 15) is 9.18 Å². The lowest BCUT2D eigenvalue weighted by atomic mass is 9.98. The Morgan fingerprint density at radius 1 is 1.07 bits per heavy atom. The Balaban J connectivity index is 1.35. The van der Waals surface area contributed by atoms with Crippen LogP contribution >= 0.6 is 0 Å². The molecule has 5 aromatic rings. The quantitative estimate of drug-likeness (QED) is 0.213. The highest BCUT2D eigenvalue weighted by atomic mass is 19.1. The molecule has 40 heavy (non-hydrogen) atoms. The number of nitrogens with zero attached hydrogens (tertiary/aromatic N) is 1. The van der Waals surface area contributed by atoms with Crippen LogP contribution in [0.4, 0.5) is 8.78 Å². The highest BCUT2D eigenvalue weighted by molar-refractivity contribution is 5.85. The fourth-order valence-electron chi connectivity index (χ4n) is 5.11. The zero-order valence-corrected chi connectivity index (χ0v) is 21.8. The van der Waals surface area contributed by atoms with Crippen LogP contribution in [0.2, 0.25) is 0 Å². The predicted octanol–water partition coefficient (Wildman–Crippen LogP) is 6.71. The third-order valence-electron chi connectivity index (χ3n) is 7.11. The minimum absolute atomic E-state index is 0.0715. The molecule has 9 heteroatoms. The Labute approximate surface area is 229 Å². The van der Waals surface area contributed by atoms with E-state index in [0.717, 1.165) is 29.2 Å². The Morgan fingerprint density at radius 2 is 1.93 bits per heavy atom. The maximum Gasteiger partial charge on any atom is 0.239 e. The number of carbonyl (C=O) groups is 1. The molecule has 0 unspecified atom stereocenters. The lowest BCUT2D eigenvalue weighted by molar-refractivity contribution is -0.251. The predicted molar refractivity (Wildman–Crippen MR) is 145 cm³/mol. The first-order chi connectivity index (χ1) is 19.5. The summed E-state index contributed by atoms with van der Waals surface area (Å²) < 4.78 is 48.3. The van der Waals surface area contributed by atoms with E-state index in [1.54, 1.807) is 19.3 Å². The van der Waals surface area contributed by atoms with Gasteiger partial charge in [0.2, 0.25) is 5.79 Å². The molecule has 3 aromatic carbocycles. The summed E-state index contributed by atoms with van der Waals surface area (Å²) in [5.41, 5.74) is 3.66. The van der Waals surface area contributed by atoms with Crippen molar-refractivity contribution in [3.05, 3.63) is 101 Å². The summed E-state index contributed by atoms with van der Waals surface area (Å²) in [4.78, 5) is 21.5. The molecule has 0 saturated carbocycles. The number of carbonyl (C=O) groups excluding carboxylic acids is 1. The minimum Gasteiger partial charge on any atom is -0.454 e. The van der Waals surface area contributed by atoms with E-state index in [0.29, 0.717) is 42.8 Å². The summed E-state index contributed by atoms with van der Waals surface area (Å²) >= 11 is 0. The van der Waals surface area contributed by atoms with Crippen LogP contribution in [0.15, 0.2) is 67.0 Å². The number of H-pyrrole nitrogens is 2. The number of imidazole rings is 1. The molecule has 0 spiro atoms. The van der Waals surface area contributed by atoms with Crippen molar-refractivity contribution in [1.29, 1.82) is 0 Å². The second-order valence-corrected chi connectivity index (χ2v) is 9.71. The van der Waals surface area contributed by atoms with Crippen molar-refractivity contribution < 1.29 is 27.8 Å². The number of aromatic nitrogens is 3. The van der Waals surface area contributed by atoms with Gasteiger partial charge in [-0.05, 0) is 55.7 Å². The van der Waals surface area contributed by atoms with E-state index >= 15 is 4.39 Å². The highest BCUT2D eigenvalue weighted by Gasteiger charge is 2.41. The van der Waals surface area contributed by atoms with Crippen LogP contribution in [0.3, 0.4) is 0 Å². The average molecular weight is 544 g/mol. The number of hydrogen-bond donors (Lipinski definition) is 2. The van der Waals surface area contributed by atoms with Gasteiger partial charge < -0.3 is 29.0 Å². The van der Waals surface area contributed by atoms with Crippen LogP contribution in [0.5, 0.6) is 11.5 Å². The second-order valence-electron chi connectivity index (χ2n) is 9.71. The van der Waals surface area contributed by atoms with Gasteiger partial charge in [0.15, 0.2) is 11.6 Å². The third-order valence-corrected chi connectivity index (χ3v) is 7.11. The number of aldehydes is 1. The number of benzene rings is 3. The first kappa shape index (κ1) is 25.9. The van der Waals surface area contributed by atoms with Crippen molar-refractivity contribution in [3.63, 3.8) is 0 Å². The normalized spacial score (nSPS) is 14.9. The molecule has 7 nitrogen and oxygen atoms in total. The molecule has 2 N–H and O–H groups in total. The van der Waals surface area contributed by atoms with Crippen molar-refractivity contribution in [1.82, 2.24) is 15.0 Å². The molecule has 6 rings (SSSR count). The number of aromatic amines is 2. The van der Waals surface area contributed by atoms with E-state index in [-0.39, 0.29) is 22.9 Å². The molecular weight excluding hydrogens is 516 g/mol. The van der Waals surface area contributed by atoms with E-state index in [1.165, 1.54) is 24.3 Å². The number of halogens is 2. The van der Waals surface area contributed by atoms with E-state index in [4.69, 9.17) is 14.2 Å². The minimum atomic E-state index is -1.27. The molecule has 0 aliphatic carbocycles. The molecule has 3 heterocycles. The van der Waals surface area contributed by atoms with Gasteiger partial charge >= 0.3 is 0 Å². The smallest absolute Gasteiger partial charge is 0.239 e. The molecule has 0 amide bonds. The van der Waals surface area contributed by atoms with Gasteiger partial charge in [-0.15, -0.1) is 0 Å². The largest absolute Gasteiger partial charge is 0.454 e. The number of ether oxygens (including phenoxy) is 3. The zero-order valence-electron chi connectivity index (χ0n) is 21.8. The molecular formula is C31H27F2N3O4. The Kier molecular flexibility index (Phi) is 6.91. The van der Waals surface area contributed by atoms with Crippen LogP contribution in [0, 0.1) is 18.6 Å². The topological polar surface area (TPSA) is 89.2 Å². The number of fused-ring (bicyclic) bond motifs is 1. The van der Waals surface area contributed by atoms with Crippen LogP contribution in [-0.4, -0.2) is 34.5 Å². The van der Waals surface area contributed by atoms with Crippen molar-refractivity contribution in [2.45, 2.75) is 32.0 Å². The average Bonchev–Trinajstić information content (AvgIpc) is 3.66. The molecule has 1 saturated heterocycles. The molecule has 0 atom stereocenters. The number of nitrogens with one attached hydrogen (secondary N) is 2. The molecule has 2 aromatic heterocycles. The van der Waals surface area contributed by atoms with Gasteiger partial charge in [0.1, 0.15) is 29.4 Å². The summed E-state index contributed by atoms with van der Waals surface area (Å²) in [6, 6.07) is 15.1. The third kappa shape index (κ3) is 4.67. The Morgan fingerprint density at radius 3 is 2.75 bits per heavy atom. The summed E-state index contributed by atoms with van der Waals surface area (Å²) in [7, 11) is 0. The molecule has 1 aliphatic rings. The second kappa shape index (κ2) is 10.7. The van der Waals surface area contributed by atoms with Crippen LogP contribution in [0.25, 0.3) is 22.3 Å². The van der Waals surface area contributed by atoms with Gasteiger partial charge in [-0.3, -0.25) is 0 Å². The fraction of sp³-hybridized carbons (Fsp3) is 0.226. The molecule has 1 fully saturated rings. The lowest BCUT2D eigenvalue weighted by Gasteiger charge is -2.36. The van der Waals surface area contributed by atoms with Crippen molar-refractivity contribution in [2.75, 3.05) is 13.2 Å². The van der Waals surface area contributed by atoms with Gasteiger partial charge in [-0.1, -0.05) is 18.2 Å². The maximum absolute atomic E-state index is 15.1. The van der Waals surface area contributed by atoms with Crippen molar-refractivity contribution >= 4 is 17.2 Å². The van der Waals surface area contributed by atoms with Crippen LogP contribution in [-0.2, 0) is 26.5 Å². The van der Waals surface area contributed by atoms with Gasteiger partial charge in [0.05, 0.1) is 25.0 Å². The summed E-state index contributed by atoms with van der Waals surface area (Å²) in [5.74, 6) is -1.75. The Bertz CT molecular complexity index is 1690. The number of rotatable bonds is 8. The molecule has 1 aliphatic heterocycles. The molecule has 204 valence electrons. The van der Waals surface area contributed by atoms with Crippen LogP contribution < -0.4 is 4.74 Å². The monoisotopic (exact) mass is 543 g/mol. The summed E-state index contributed by atoms with van der Waals surface area (Å²) in [6.07, 6.45) is 5.92. The van der Waals surface area contributed by atoms with Gasteiger partial charge in [0, 0.05) is 40.7 Å². The van der Waals surface area contributed by atoms with Gasteiger partial charge in [-0.25, -0.2) is 13.8 Å². The standard InChI is InChI=1S/C31H27F2N3O4/c1-19-23-10-11-34-27(23)17-26(33)29(19)40-22-8-9-25(32)24(16-22)30-35-18-28(36-30)31(38-13-4-14-39-31)21-7-2-5-20(15-21)6-3-12-37/h2,5,7-12,15-18,34H,3-4,6,13-14H2,1H3,(H,35,36). The summed E-state index contributed by atoms with van der Waals surface area (Å²) in [6.45, 7) is 2.69. The number of hydrogen-bond acceptors (Lipinski definition) is 5. The SMILES string of the molecule is Cc1c(Oc2ccc(F)c(-c3ncc(C4(c5cccc(CCC=O)c5)OCCCO4)[nH]3)c2)c(F)cc2[nH]ccc12. The highest BCUT2D eigenvalue weighted by Crippen LogP contribution is 2.39. The first-order valence-electron chi connectivity index (χ1n) is 13.1. The lowest BCUT2D eigenvalue weighted by Crippen LogP contribution is -2.39. The zero-order chi connectivity index (χ0) is 27.7. The Hall–Kier alpha value is -4.34. The molecule has 0 radical (unpaired) electrons. The first-order valence-corrected chi connectivity index (χ1v) is 13.1. The number of aryl methyl sites for hydroxylation is 2. The van der Waals surface area contributed by atoms with E-state index in [2.05, 4.69) is 15.0 Å². The van der Waals surface area contributed by atoms with E-state index in [1.807, 2.05) is 30.3 Å². The maximum atomic E-state index is 15.1. The van der Waals surface area contributed by atoms with E-state index < -0.39 is 17.4 Å². The summed E-state index contributed by atoms with van der Waals surface area (Å²) in [5, 5.41) is 0.836. The molecule has 0 bridgehead atoms. The van der Waals surface area contributed by atoms with Crippen LogP contribution in [0.1, 0.15) is 35.2 Å². The van der Waals surface area contributed by atoms with Gasteiger partial charge in [0.25, 0.3) is 0 Å².